The predicted molar refractivity (Wildman–Crippen MR) is 125 cm³/mol. The number of fused-ring (bicyclic) bond motifs is 1. The Kier molecular flexibility index (Phi) is 6.35. The summed E-state index contributed by atoms with van der Waals surface area (Å²) in [5, 5.41) is 1.63. The van der Waals surface area contributed by atoms with Gasteiger partial charge in [0, 0.05) is 39.5 Å². The number of hydrogen-bond donors (Lipinski definition) is 2. The first kappa shape index (κ1) is 22.2. The summed E-state index contributed by atoms with van der Waals surface area (Å²) in [4.78, 5) is 17.3. The van der Waals surface area contributed by atoms with E-state index in [-0.39, 0.29) is 11.7 Å². The van der Waals surface area contributed by atoms with E-state index >= 15 is 0 Å². The lowest BCUT2D eigenvalue weighted by molar-refractivity contribution is 0.100. The molecule has 1 saturated heterocycles. The molecule has 2 heterocycles. The maximum absolute atomic E-state index is 12.2. The fourth-order valence-electron chi connectivity index (χ4n) is 4.08. The molecule has 4 rings (SSSR count). The van der Waals surface area contributed by atoms with Crippen LogP contribution in [-0.2, 0) is 10.0 Å². The van der Waals surface area contributed by atoms with Crippen molar-refractivity contribution in [2.45, 2.75) is 35.5 Å². The average Bonchev–Trinajstić information content (AvgIpc) is 3.18. The highest BCUT2D eigenvalue weighted by Gasteiger charge is 2.29. The van der Waals surface area contributed by atoms with Crippen LogP contribution in [-0.4, -0.2) is 42.5 Å². The van der Waals surface area contributed by atoms with E-state index in [9.17, 15) is 13.2 Å². The van der Waals surface area contributed by atoms with Crippen LogP contribution >= 0.6 is 23.4 Å². The van der Waals surface area contributed by atoms with Crippen molar-refractivity contribution in [2.75, 3.05) is 18.8 Å². The van der Waals surface area contributed by atoms with Gasteiger partial charge >= 0.3 is 0 Å². The van der Waals surface area contributed by atoms with Crippen LogP contribution in [0.15, 0.2) is 52.4 Å². The topological polar surface area (TPSA) is 96.3 Å². The fourth-order valence-corrected chi connectivity index (χ4v) is 6.24. The molecule has 1 aromatic heterocycles. The summed E-state index contributed by atoms with van der Waals surface area (Å²) in [6.07, 6.45) is 3.42. The standard InChI is InChI=1S/C22H24ClN3O3S2/c1-2-31(28,29)26-9-7-14(8-10-26)20-13-25-21-18(20)11-17(12-19(21)22(24)27)30-16-5-3-15(23)4-6-16/h3-6,11-14,25H,2,7-10H2,1H3,(H2,24,27). The molecule has 0 aliphatic carbocycles. The number of nitrogens with one attached hydrogen (secondary N) is 1. The first-order valence-corrected chi connectivity index (χ1v) is 12.9. The Morgan fingerprint density at radius 1 is 1.19 bits per heavy atom. The van der Waals surface area contributed by atoms with Gasteiger partial charge in [-0.05, 0) is 67.6 Å². The molecule has 9 heteroatoms. The Morgan fingerprint density at radius 2 is 1.87 bits per heavy atom. The van der Waals surface area contributed by atoms with Gasteiger partial charge in [0.25, 0.3) is 5.91 Å². The highest BCUT2D eigenvalue weighted by molar-refractivity contribution is 7.99. The molecular weight excluding hydrogens is 454 g/mol. The van der Waals surface area contributed by atoms with Crippen molar-refractivity contribution >= 4 is 50.2 Å². The molecule has 0 unspecified atom stereocenters. The molecule has 6 nitrogen and oxygen atoms in total. The lowest BCUT2D eigenvalue weighted by Gasteiger charge is -2.31. The zero-order valence-electron chi connectivity index (χ0n) is 17.1. The van der Waals surface area contributed by atoms with Crippen LogP contribution < -0.4 is 5.73 Å². The fraction of sp³-hybridized carbons (Fsp3) is 0.318. The van der Waals surface area contributed by atoms with Crippen molar-refractivity contribution in [2.24, 2.45) is 5.73 Å². The molecule has 164 valence electrons. The largest absolute Gasteiger partial charge is 0.366 e. The summed E-state index contributed by atoms with van der Waals surface area (Å²) < 4.78 is 25.9. The second kappa shape index (κ2) is 8.86. The predicted octanol–water partition coefficient (Wildman–Crippen LogP) is 4.60. The van der Waals surface area contributed by atoms with Gasteiger partial charge in [-0.15, -0.1) is 0 Å². The van der Waals surface area contributed by atoms with Crippen molar-refractivity contribution in [3.05, 3.63) is 58.7 Å². The Bertz CT molecular complexity index is 1210. The summed E-state index contributed by atoms with van der Waals surface area (Å²) in [7, 11) is -3.17. The van der Waals surface area contributed by atoms with E-state index in [0.717, 1.165) is 39.1 Å². The van der Waals surface area contributed by atoms with Gasteiger partial charge in [-0.2, -0.15) is 0 Å². The summed E-state index contributed by atoms with van der Waals surface area (Å²) in [6, 6.07) is 11.4. The van der Waals surface area contributed by atoms with Crippen LogP contribution in [0.4, 0.5) is 0 Å². The van der Waals surface area contributed by atoms with E-state index in [1.54, 1.807) is 29.1 Å². The number of hydrogen-bond acceptors (Lipinski definition) is 4. The maximum Gasteiger partial charge on any atom is 0.250 e. The van der Waals surface area contributed by atoms with Crippen molar-refractivity contribution in [3.8, 4) is 0 Å². The number of aromatic amines is 1. The number of amides is 1. The number of piperidine rings is 1. The normalized spacial score (nSPS) is 16.1. The molecule has 0 radical (unpaired) electrons. The molecule has 0 saturated carbocycles. The minimum Gasteiger partial charge on any atom is -0.366 e. The highest BCUT2D eigenvalue weighted by atomic mass is 35.5. The number of sulfonamides is 1. The van der Waals surface area contributed by atoms with Gasteiger partial charge in [0.15, 0.2) is 0 Å². The second-order valence-corrected chi connectivity index (χ2v) is 11.5. The van der Waals surface area contributed by atoms with E-state index in [4.69, 9.17) is 17.3 Å². The molecule has 0 bridgehead atoms. The molecule has 2 aromatic carbocycles. The Hall–Kier alpha value is -2.00. The number of carbonyl (C=O) groups is 1. The smallest absolute Gasteiger partial charge is 0.250 e. The van der Waals surface area contributed by atoms with Crippen molar-refractivity contribution < 1.29 is 13.2 Å². The number of H-pyrrole nitrogens is 1. The van der Waals surface area contributed by atoms with Gasteiger partial charge in [0.05, 0.1) is 16.8 Å². The van der Waals surface area contributed by atoms with Gasteiger partial charge in [0.2, 0.25) is 10.0 Å². The number of nitrogens with two attached hydrogens (primary N) is 1. The summed E-state index contributed by atoms with van der Waals surface area (Å²) >= 11 is 7.52. The lowest BCUT2D eigenvalue weighted by atomic mass is 9.89. The average molecular weight is 478 g/mol. The van der Waals surface area contributed by atoms with Crippen molar-refractivity contribution in [3.63, 3.8) is 0 Å². The van der Waals surface area contributed by atoms with E-state index in [1.165, 1.54) is 0 Å². The Labute approximate surface area is 191 Å². The molecule has 3 N–H and O–H groups in total. The van der Waals surface area contributed by atoms with Crippen molar-refractivity contribution in [1.82, 2.24) is 9.29 Å². The van der Waals surface area contributed by atoms with E-state index in [2.05, 4.69) is 11.1 Å². The number of halogens is 1. The molecule has 31 heavy (non-hydrogen) atoms. The highest BCUT2D eigenvalue weighted by Crippen LogP contribution is 2.38. The SMILES string of the molecule is CCS(=O)(=O)N1CCC(c2c[nH]c3c(C(N)=O)cc(Sc4ccc(Cl)cc4)cc23)CC1. The first-order valence-electron chi connectivity index (χ1n) is 10.1. The third kappa shape index (κ3) is 4.62. The van der Waals surface area contributed by atoms with Crippen LogP contribution in [0.5, 0.6) is 0 Å². The molecule has 0 atom stereocenters. The van der Waals surface area contributed by atoms with Crippen LogP contribution in [0.3, 0.4) is 0 Å². The van der Waals surface area contributed by atoms with Gasteiger partial charge < -0.3 is 10.7 Å². The molecule has 1 amide bonds. The third-order valence-electron chi connectivity index (χ3n) is 5.76. The van der Waals surface area contributed by atoms with Crippen molar-refractivity contribution in [1.29, 1.82) is 0 Å². The minimum absolute atomic E-state index is 0.123. The monoisotopic (exact) mass is 477 g/mol. The summed E-state index contributed by atoms with van der Waals surface area (Å²) in [6.45, 7) is 2.69. The number of carbonyl (C=O) groups excluding carboxylic acids is 1. The molecule has 0 spiro atoms. The number of benzene rings is 2. The number of aromatic nitrogens is 1. The van der Waals surface area contributed by atoms with Gasteiger partial charge in [-0.3, -0.25) is 4.79 Å². The molecule has 1 aliphatic rings. The Morgan fingerprint density at radius 3 is 2.48 bits per heavy atom. The van der Waals surface area contributed by atoms with Crippen LogP contribution in [0.25, 0.3) is 10.9 Å². The molecular formula is C22H24ClN3O3S2. The zero-order chi connectivity index (χ0) is 22.2. The van der Waals surface area contributed by atoms with Crippen LogP contribution in [0.1, 0.15) is 41.6 Å². The minimum atomic E-state index is -3.17. The van der Waals surface area contributed by atoms with Crippen LogP contribution in [0, 0.1) is 0 Å². The molecule has 1 fully saturated rings. The second-order valence-electron chi connectivity index (χ2n) is 7.63. The third-order valence-corrected chi connectivity index (χ3v) is 8.87. The first-order chi connectivity index (χ1) is 14.8. The van der Waals surface area contributed by atoms with Gasteiger partial charge in [0.1, 0.15) is 0 Å². The number of nitrogens with zero attached hydrogens (tertiary/aromatic N) is 1. The zero-order valence-corrected chi connectivity index (χ0v) is 19.5. The molecule has 3 aromatic rings. The summed E-state index contributed by atoms with van der Waals surface area (Å²) in [5.41, 5.74) is 7.95. The van der Waals surface area contributed by atoms with Gasteiger partial charge in [-0.1, -0.05) is 23.4 Å². The van der Waals surface area contributed by atoms with Crippen LogP contribution in [0.2, 0.25) is 5.02 Å². The summed E-state index contributed by atoms with van der Waals surface area (Å²) in [5.74, 6) is -0.146. The lowest BCUT2D eigenvalue weighted by Crippen LogP contribution is -2.38. The number of primary amides is 1. The van der Waals surface area contributed by atoms with E-state index in [0.29, 0.717) is 23.7 Å². The van der Waals surface area contributed by atoms with E-state index < -0.39 is 15.9 Å². The Balaban J connectivity index is 1.67. The number of rotatable bonds is 6. The van der Waals surface area contributed by atoms with Gasteiger partial charge in [-0.25, -0.2) is 12.7 Å². The molecule has 1 aliphatic heterocycles. The van der Waals surface area contributed by atoms with E-state index in [1.807, 2.05) is 30.5 Å². The maximum atomic E-state index is 12.2. The quantitative estimate of drug-likeness (QED) is 0.542.